The average molecular weight is 344 g/mol. The first-order chi connectivity index (χ1) is 11.6. The smallest absolute Gasteiger partial charge is 0.255 e. The van der Waals surface area contributed by atoms with Crippen molar-refractivity contribution in [1.82, 2.24) is 9.80 Å². The van der Waals surface area contributed by atoms with Gasteiger partial charge >= 0.3 is 0 Å². The number of hydrogen-bond acceptors (Lipinski definition) is 3. The van der Waals surface area contributed by atoms with Gasteiger partial charge < -0.3 is 10.2 Å². The van der Waals surface area contributed by atoms with Crippen molar-refractivity contribution in [1.29, 1.82) is 0 Å². The van der Waals surface area contributed by atoms with E-state index >= 15 is 0 Å². The molecule has 2 aromatic rings. The first kappa shape index (κ1) is 17.0. The van der Waals surface area contributed by atoms with Crippen LogP contribution in [0.1, 0.15) is 15.9 Å². The van der Waals surface area contributed by atoms with Gasteiger partial charge in [0.1, 0.15) is 0 Å². The summed E-state index contributed by atoms with van der Waals surface area (Å²) in [6.07, 6.45) is 0. The number of nitrogens with zero attached hydrogens (tertiary/aromatic N) is 2. The van der Waals surface area contributed by atoms with Gasteiger partial charge in [0.15, 0.2) is 0 Å². The third kappa shape index (κ3) is 4.57. The number of carbonyl (C=O) groups is 1. The zero-order valence-corrected chi connectivity index (χ0v) is 14.6. The number of halogens is 1. The molecule has 1 fully saturated rings. The minimum absolute atomic E-state index is 0.122. The Bertz CT molecular complexity index is 694. The van der Waals surface area contributed by atoms with E-state index in [0.29, 0.717) is 10.6 Å². The van der Waals surface area contributed by atoms with E-state index in [-0.39, 0.29) is 5.91 Å². The Hall–Kier alpha value is -1.88. The number of carbonyl (C=O) groups excluding carboxylic acids is 1. The molecule has 0 unspecified atom stereocenters. The molecular formula is C19H22ClN3O. The summed E-state index contributed by atoms with van der Waals surface area (Å²) in [5.74, 6) is -0.122. The lowest BCUT2D eigenvalue weighted by Gasteiger charge is -2.32. The molecule has 5 heteroatoms. The second-order valence-corrected chi connectivity index (χ2v) is 6.68. The van der Waals surface area contributed by atoms with Gasteiger partial charge in [-0.25, -0.2) is 0 Å². The molecule has 0 aliphatic carbocycles. The lowest BCUT2D eigenvalue weighted by atomic mass is 10.1. The molecule has 0 saturated carbocycles. The van der Waals surface area contributed by atoms with E-state index in [1.165, 1.54) is 5.56 Å². The molecule has 126 valence electrons. The lowest BCUT2D eigenvalue weighted by molar-refractivity contribution is 0.102. The molecule has 0 bridgehead atoms. The fourth-order valence-corrected chi connectivity index (χ4v) is 2.94. The molecule has 1 amide bonds. The quantitative estimate of drug-likeness (QED) is 0.924. The minimum Gasteiger partial charge on any atom is -0.322 e. The van der Waals surface area contributed by atoms with Crippen LogP contribution in [0.2, 0.25) is 5.02 Å². The predicted molar refractivity (Wildman–Crippen MR) is 98.6 cm³/mol. The molecule has 0 aromatic heterocycles. The van der Waals surface area contributed by atoms with Gasteiger partial charge in [0.25, 0.3) is 5.91 Å². The van der Waals surface area contributed by atoms with Gasteiger partial charge in [-0.05, 0) is 49.0 Å². The van der Waals surface area contributed by atoms with Crippen LogP contribution in [0.3, 0.4) is 0 Å². The Kier molecular flexibility index (Phi) is 5.51. The van der Waals surface area contributed by atoms with E-state index in [9.17, 15) is 4.79 Å². The molecule has 1 aliphatic rings. The Balaban J connectivity index is 1.62. The monoisotopic (exact) mass is 343 g/mol. The molecule has 0 radical (unpaired) electrons. The van der Waals surface area contributed by atoms with Crippen LogP contribution in [0.15, 0.2) is 48.5 Å². The van der Waals surface area contributed by atoms with Crippen LogP contribution in [-0.2, 0) is 6.54 Å². The summed E-state index contributed by atoms with van der Waals surface area (Å²) in [7, 11) is 2.16. The summed E-state index contributed by atoms with van der Waals surface area (Å²) in [4.78, 5) is 17.1. The van der Waals surface area contributed by atoms with Gasteiger partial charge in [-0.2, -0.15) is 0 Å². The maximum Gasteiger partial charge on any atom is 0.255 e. The predicted octanol–water partition coefficient (Wildman–Crippen LogP) is 3.34. The maximum absolute atomic E-state index is 12.3. The highest BCUT2D eigenvalue weighted by molar-refractivity contribution is 6.30. The minimum atomic E-state index is -0.122. The van der Waals surface area contributed by atoms with Crippen molar-refractivity contribution in [3.8, 4) is 0 Å². The van der Waals surface area contributed by atoms with Crippen LogP contribution in [0.25, 0.3) is 0 Å². The van der Waals surface area contributed by atoms with Gasteiger partial charge in [0.05, 0.1) is 0 Å². The molecule has 0 atom stereocenters. The summed E-state index contributed by atoms with van der Waals surface area (Å²) in [5, 5.41) is 3.58. The van der Waals surface area contributed by atoms with E-state index < -0.39 is 0 Å². The third-order valence-corrected chi connectivity index (χ3v) is 4.55. The van der Waals surface area contributed by atoms with Gasteiger partial charge in [0, 0.05) is 49.0 Å². The topological polar surface area (TPSA) is 35.6 Å². The van der Waals surface area contributed by atoms with E-state index in [1.807, 2.05) is 18.2 Å². The Morgan fingerprint density at radius 3 is 2.50 bits per heavy atom. The van der Waals surface area contributed by atoms with Crippen molar-refractivity contribution in [3.05, 3.63) is 64.7 Å². The SMILES string of the molecule is CN1CCN(Cc2cccc(NC(=O)c3ccc(Cl)cc3)c2)CC1. The number of nitrogens with one attached hydrogen (secondary N) is 1. The van der Waals surface area contributed by atoms with Gasteiger partial charge in [0.2, 0.25) is 0 Å². The van der Waals surface area contributed by atoms with Crippen molar-refractivity contribution >= 4 is 23.2 Å². The van der Waals surface area contributed by atoms with E-state index in [0.717, 1.165) is 38.4 Å². The molecule has 1 heterocycles. The lowest BCUT2D eigenvalue weighted by Crippen LogP contribution is -2.43. The van der Waals surface area contributed by atoms with Gasteiger partial charge in [-0.3, -0.25) is 9.69 Å². The molecule has 1 N–H and O–H groups in total. The van der Waals surface area contributed by atoms with Crippen LogP contribution in [-0.4, -0.2) is 48.9 Å². The van der Waals surface area contributed by atoms with Crippen molar-refractivity contribution in [3.63, 3.8) is 0 Å². The van der Waals surface area contributed by atoms with E-state index in [1.54, 1.807) is 24.3 Å². The molecule has 24 heavy (non-hydrogen) atoms. The molecule has 4 nitrogen and oxygen atoms in total. The van der Waals surface area contributed by atoms with Gasteiger partial charge in [-0.1, -0.05) is 23.7 Å². The fraction of sp³-hybridized carbons (Fsp3) is 0.316. The van der Waals surface area contributed by atoms with E-state index in [4.69, 9.17) is 11.6 Å². The molecule has 3 rings (SSSR count). The number of hydrogen-bond donors (Lipinski definition) is 1. The molecule has 1 aliphatic heterocycles. The summed E-state index contributed by atoms with van der Waals surface area (Å²) >= 11 is 5.86. The van der Waals surface area contributed by atoms with Crippen molar-refractivity contribution in [2.24, 2.45) is 0 Å². The molecule has 0 spiro atoms. The highest BCUT2D eigenvalue weighted by Gasteiger charge is 2.14. The Morgan fingerprint density at radius 2 is 1.79 bits per heavy atom. The molecule has 2 aromatic carbocycles. The van der Waals surface area contributed by atoms with Crippen molar-refractivity contribution in [2.75, 3.05) is 38.5 Å². The average Bonchev–Trinajstić information content (AvgIpc) is 2.58. The zero-order valence-electron chi connectivity index (χ0n) is 13.8. The largest absolute Gasteiger partial charge is 0.322 e. The van der Waals surface area contributed by atoms with E-state index in [2.05, 4.69) is 28.2 Å². The first-order valence-electron chi connectivity index (χ1n) is 8.17. The van der Waals surface area contributed by atoms with Crippen LogP contribution < -0.4 is 5.32 Å². The van der Waals surface area contributed by atoms with Crippen LogP contribution in [0.4, 0.5) is 5.69 Å². The Morgan fingerprint density at radius 1 is 1.08 bits per heavy atom. The third-order valence-electron chi connectivity index (χ3n) is 4.29. The second-order valence-electron chi connectivity index (χ2n) is 6.24. The number of rotatable bonds is 4. The number of benzene rings is 2. The number of likely N-dealkylation sites (N-methyl/N-ethyl adjacent to an activating group) is 1. The van der Waals surface area contributed by atoms with Crippen LogP contribution >= 0.6 is 11.6 Å². The Labute approximate surface area is 148 Å². The second kappa shape index (κ2) is 7.79. The number of piperazine rings is 1. The normalized spacial score (nSPS) is 16.1. The summed E-state index contributed by atoms with van der Waals surface area (Å²) in [6.45, 7) is 5.29. The zero-order chi connectivity index (χ0) is 16.9. The standard InChI is InChI=1S/C19H22ClN3O/c1-22-9-11-23(12-10-22)14-15-3-2-4-18(13-15)21-19(24)16-5-7-17(20)8-6-16/h2-8,13H,9-12,14H2,1H3,(H,21,24). The van der Waals surface area contributed by atoms with Crippen LogP contribution in [0.5, 0.6) is 0 Å². The fourth-order valence-electron chi connectivity index (χ4n) is 2.82. The molecular weight excluding hydrogens is 322 g/mol. The van der Waals surface area contributed by atoms with Crippen molar-refractivity contribution < 1.29 is 4.79 Å². The number of amides is 1. The summed E-state index contributed by atoms with van der Waals surface area (Å²) in [5.41, 5.74) is 2.64. The van der Waals surface area contributed by atoms with Crippen molar-refractivity contribution in [2.45, 2.75) is 6.54 Å². The van der Waals surface area contributed by atoms with Crippen LogP contribution in [0, 0.1) is 0 Å². The first-order valence-corrected chi connectivity index (χ1v) is 8.55. The molecule has 1 saturated heterocycles. The highest BCUT2D eigenvalue weighted by atomic mass is 35.5. The summed E-state index contributed by atoms with van der Waals surface area (Å²) < 4.78 is 0. The maximum atomic E-state index is 12.3. The van der Waals surface area contributed by atoms with Gasteiger partial charge in [-0.15, -0.1) is 0 Å². The summed E-state index contributed by atoms with van der Waals surface area (Å²) in [6, 6.07) is 15.0. The number of anilines is 1. The highest BCUT2D eigenvalue weighted by Crippen LogP contribution is 2.16.